The molecule has 34 heavy (non-hydrogen) atoms. The van der Waals surface area contributed by atoms with E-state index < -0.39 is 54.5 Å². The summed E-state index contributed by atoms with van der Waals surface area (Å²) in [6.07, 6.45) is -12.9. The lowest BCUT2D eigenvalue weighted by Crippen LogP contribution is -2.48. The highest BCUT2D eigenvalue weighted by Gasteiger charge is 2.58. The number of halogens is 6. The molecule has 0 bridgehead atoms. The van der Waals surface area contributed by atoms with Crippen LogP contribution in [0.4, 0.5) is 31.1 Å². The van der Waals surface area contributed by atoms with E-state index in [0.717, 1.165) is 12.8 Å². The Morgan fingerprint density at radius 2 is 1.50 bits per heavy atom. The summed E-state index contributed by atoms with van der Waals surface area (Å²) in [6, 6.07) is -1.31. The lowest BCUT2D eigenvalue weighted by atomic mass is 10.0. The molecule has 0 aromatic heterocycles. The molecule has 0 aromatic carbocycles. The molecule has 2 amide bonds. The molecule has 0 radical (unpaired) electrons. The number of ether oxygens (including phenoxy) is 2. The summed E-state index contributed by atoms with van der Waals surface area (Å²) < 4.78 is 85.0. The normalized spacial score (nSPS) is 16.4. The highest BCUT2D eigenvalue weighted by atomic mass is 19.4. The molecule has 0 aliphatic heterocycles. The molecule has 1 saturated carbocycles. The first-order valence-corrected chi connectivity index (χ1v) is 11.1. The lowest BCUT2D eigenvalue weighted by molar-refractivity contribution is -0.319. The largest absolute Gasteiger partial charge is 0.444 e. The van der Waals surface area contributed by atoms with Gasteiger partial charge in [-0.25, -0.2) is 4.79 Å². The van der Waals surface area contributed by atoms with E-state index in [0.29, 0.717) is 19.3 Å². The molecule has 1 aliphatic carbocycles. The molecule has 0 heterocycles. The summed E-state index contributed by atoms with van der Waals surface area (Å²) in [5.41, 5.74) is -0.698. The van der Waals surface area contributed by atoms with Gasteiger partial charge in [0.05, 0.1) is 6.04 Å². The second-order valence-corrected chi connectivity index (χ2v) is 9.21. The smallest absolute Gasteiger partial charge is 0.423 e. The molecule has 1 fully saturated rings. The number of ketones is 1. The maximum atomic E-state index is 12.7. The summed E-state index contributed by atoms with van der Waals surface area (Å²) in [7, 11) is 0. The topological polar surface area (TPSA) is 93.7 Å². The van der Waals surface area contributed by atoms with Crippen LogP contribution in [0, 0.1) is 5.92 Å². The van der Waals surface area contributed by atoms with Crippen LogP contribution in [0.2, 0.25) is 0 Å². The van der Waals surface area contributed by atoms with Crippen LogP contribution >= 0.6 is 0 Å². The maximum absolute atomic E-state index is 12.7. The summed E-state index contributed by atoms with van der Waals surface area (Å²) in [4.78, 5) is 36.4. The third kappa shape index (κ3) is 11.4. The number of amides is 2. The van der Waals surface area contributed by atoms with Gasteiger partial charge in [0, 0.05) is 12.5 Å². The van der Waals surface area contributed by atoms with Gasteiger partial charge in [0.25, 0.3) is 0 Å². The van der Waals surface area contributed by atoms with Gasteiger partial charge in [0.15, 0.2) is 5.78 Å². The predicted molar refractivity (Wildman–Crippen MR) is 109 cm³/mol. The second-order valence-electron chi connectivity index (χ2n) is 9.21. The van der Waals surface area contributed by atoms with Gasteiger partial charge in [-0.15, -0.1) is 0 Å². The highest BCUT2D eigenvalue weighted by Crippen LogP contribution is 2.35. The third-order valence-corrected chi connectivity index (χ3v) is 5.01. The molecule has 1 atom stereocenters. The molecule has 13 heteroatoms. The van der Waals surface area contributed by atoms with Crippen molar-refractivity contribution in [2.24, 2.45) is 5.92 Å². The van der Waals surface area contributed by atoms with Gasteiger partial charge in [0.1, 0.15) is 12.2 Å². The number of alkyl halides is 6. The van der Waals surface area contributed by atoms with E-state index in [-0.39, 0.29) is 25.3 Å². The van der Waals surface area contributed by atoms with E-state index in [4.69, 9.17) is 4.74 Å². The van der Waals surface area contributed by atoms with E-state index in [9.17, 15) is 40.7 Å². The number of alkyl carbamates (subject to hydrolysis) is 1. The van der Waals surface area contributed by atoms with Crippen LogP contribution < -0.4 is 10.6 Å². The Kier molecular flexibility index (Phi) is 11.1. The van der Waals surface area contributed by atoms with E-state index in [1.165, 1.54) is 0 Å². The van der Waals surface area contributed by atoms with Crippen LogP contribution in [-0.2, 0) is 19.1 Å². The van der Waals surface area contributed by atoms with Gasteiger partial charge in [0.2, 0.25) is 12.0 Å². The SMILES string of the molecule is CC(C)(C)OC(=O)NCCCC[C@H](NC(=O)C1CCCC1)C(=O)COC(C(F)(F)F)C(F)(F)F. The van der Waals surface area contributed by atoms with Gasteiger partial charge in [-0.05, 0) is 52.9 Å². The fourth-order valence-electron chi connectivity index (χ4n) is 3.41. The van der Waals surface area contributed by atoms with Gasteiger partial charge < -0.3 is 20.1 Å². The fraction of sp³-hybridized carbons (Fsp3) is 0.857. The minimum atomic E-state index is -5.74. The van der Waals surface area contributed by atoms with Crippen molar-refractivity contribution in [3.05, 3.63) is 0 Å². The Hall–Kier alpha value is -2.05. The van der Waals surface area contributed by atoms with Crippen molar-refractivity contribution < 1.29 is 50.2 Å². The van der Waals surface area contributed by atoms with Crippen molar-refractivity contribution in [3.63, 3.8) is 0 Å². The summed E-state index contributed by atoms with van der Waals surface area (Å²) in [5, 5.41) is 4.94. The van der Waals surface area contributed by atoms with Crippen molar-refractivity contribution in [1.82, 2.24) is 10.6 Å². The van der Waals surface area contributed by atoms with E-state index >= 15 is 0 Å². The Morgan fingerprint density at radius 1 is 0.941 bits per heavy atom. The zero-order valence-corrected chi connectivity index (χ0v) is 19.4. The molecular weight excluding hydrogens is 474 g/mol. The summed E-state index contributed by atoms with van der Waals surface area (Å²) in [5.74, 6) is -1.92. The maximum Gasteiger partial charge on any atom is 0.423 e. The number of hydrogen-bond acceptors (Lipinski definition) is 5. The number of carbonyl (C=O) groups is 3. The molecular formula is C21H32F6N2O5. The molecule has 1 rings (SSSR count). The van der Waals surface area contributed by atoms with Crippen molar-refractivity contribution in [1.29, 1.82) is 0 Å². The number of Topliss-reactive ketones (excluding diaryl/α,β-unsaturated/α-hetero) is 1. The molecule has 0 spiro atoms. The molecule has 1 aliphatic rings. The van der Waals surface area contributed by atoms with Crippen LogP contribution in [0.25, 0.3) is 0 Å². The van der Waals surface area contributed by atoms with Crippen LogP contribution in [0.5, 0.6) is 0 Å². The molecule has 0 unspecified atom stereocenters. The number of unbranched alkanes of at least 4 members (excludes halogenated alkanes) is 1. The van der Waals surface area contributed by atoms with Gasteiger partial charge in [-0.3, -0.25) is 9.59 Å². The highest BCUT2D eigenvalue weighted by molar-refractivity contribution is 5.90. The first-order chi connectivity index (χ1) is 15.5. The molecule has 0 aromatic rings. The van der Waals surface area contributed by atoms with Gasteiger partial charge in [-0.1, -0.05) is 12.8 Å². The first kappa shape index (κ1) is 30.0. The average Bonchev–Trinajstić information content (AvgIpc) is 3.17. The number of nitrogens with one attached hydrogen (secondary N) is 2. The van der Waals surface area contributed by atoms with E-state index in [1.807, 2.05) is 0 Å². The van der Waals surface area contributed by atoms with Crippen LogP contribution in [0.1, 0.15) is 65.7 Å². The standard InChI is InChI=1S/C21H32F6N2O5/c1-19(2,3)34-18(32)28-11-7-6-10-14(29-16(31)13-8-4-5-9-13)15(30)12-33-17(20(22,23)24)21(25,26)27/h13-14,17H,4-12H2,1-3H3,(H,28,32)(H,29,31)/t14-/m0/s1. The molecule has 7 nitrogen and oxygen atoms in total. The van der Waals surface area contributed by atoms with E-state index in [1.54, 1.807) is 20.8 Å². The van der Waals surface area contributed by atoms with Crippen molar-refractivity contribution in [2.75, 3.05) is 13.2 Å². The fourth-order valence-corrected chi connectivity index (χ4v) is 3.41. The molecule has 2 N–H and O–H groups in total. The quantitative estimate of drug-likeness (QED) is 0.319. The third-order valence-electron chi connectivity index (χ3n) is 5.01. The second kappa shape index (κ2) is 12.6. The summed E-state index contributed by atoms with van der Waals surface area (Å²) in [6.45, 7) is 3.74. The van der Waals surface area contributed by atoms with Gasteiger partial charge >= 0.3 is 18.4 Å². The zero-order chi connectivity index (χ0) is 26.2. The lowest BCUT2D eigenvalue weighted by Gasteiger charge is -2.25. The van der Waals surface area contributed by atoms with Crippen molar-refractivity contribution >= 4 is 17.8 Å². The molecule has 0 saturated heterocycles. The predicted octanol–water partition coefficient (Wildman–Crippen LogP) is 4.44. The van der Waals surface area contributed by atoms with Crippen molar-refractivity contribution in [2.45, 2.75) is 95.8 Å². The van der Waals surface area contributed by atoms with E-state index in [2.05, 4.69) is 15.4 Å². The average molecular weight is 506 g/mol. The van der Waals surface area contributed by atoms with Crippen LogP contribution in [0.15, 0.2) is 0 Å². The minimum absolute atomic E-state index is 0.0423. The van der Waals surface area contributed by atoms with Gasteiger partial charge in [-0.2, -0.15) is 26.3 Å². The Balaban J connectivity index is 2.67. The Bertz CT molecular complexity index is 671. The molecule has 198 valence electrons. The first-order valence-electron chi connectivity index (χ1n) is 11.1. The number of carbonyl (C=O) groups excluding carboxylic acids is 3. The Labute approximate surface area is 194 Å². The number of hydrogen-bond donors (Lipinski definition) is 2. The minimum Gasteiger partial charge on any atom is -0.444 e. The number of rotatable bonds is 11. The monoisotopic (exact) mass is 506 g/mol. The summed E-state index contributed by atoms with van der Waals surface area (Å²) >= 11 is 0. The zero-order valence-electron chi connectivity index (χ0n) is 19.4. The van der Waals surface area contributed by atoms with Crippen LogP contribution in [-0.4, -0.2) is 61.0 Å². The van der Waals surface area contributed by atoms with Crippen LogP contribution in [0.3, 0.4) is 0 Å². The van der Waals surface area contributed by atoms with Crippen molar-refractivity contribution in [3.8, 4) is 0 Å². The Morgan fingerprint density at radius 3 is 2.00 bits per heavy atom.